The maximum Gasteiger partial charge on any atom is 0.231 e. The van der Waals surface area contributed by atoms with Gasteiger partial charge in [0.1, 0.15) is 12.4 Å². The molecule has 1 aromatic rings. The van der Waals surface area contributed by atoms with Crippen molar-refractivity contribution in [3.8, 4) is 5.88 Å². The molecule has 0 aliphatic heterocycles. The highest BCUT2D eigenvalue weighted by molar-refractivity contribution is 9.10. The first-order chi connectivity index (χ1) is 7.57. The zero-order valence-corrected chi connectivity index (χ0v) is 11.3. The highest BCUT2D eigenvalue weighted by Gasteiger charge is 2.28. The van der Waals surface area contributed by atoms with Crippen LogP contribution < -0.4 is 4.74 Å². The summed E-state index contributed by atoms with van der Waals surface area (Å²) < 4.78 is 6.71. The average molecular weight is 285 g/mol. The van der Waals surface area contributed by atoms with E-state index in [0.717, 1.165) is 17.3 Å². The van der Waals surface area contributed by atoms with E-state index < -0.39 is 0 Å². The third-order valence-corrected chi connectivity index (χ3v) is 3.74. The summed E-state index contributed by atoms with van der Waals surface area (Å²) in [4.78, 5) is 8.05. The van der Waals surface area contributed by atoms with E-state index in [0.29, 0.717) is 17.4 Å². The standard InChI is InChI=1S/C12H17BrN2O/c1-12(2)5-3-9(4-6-12)16-11-10(13)7-14-8-15-11/h7-9H,3-6H2,1-2H3. The second kappa shape index (κ2) is 4.70. The number of nitrogens with zero attached hydrogens (tertiary/aromatic N) is 2. The lowest BCUT2D eigenvalue weighted by Crippen LogP contribution is -2.28. The van der Waals surface area contributed by atoms with Gasteiger partial charge in [0.05, 0.1) is 4.47 Å². The topological polar surface area (TPSA) is 35.0 Å². The molecule has 0 aromatic carbocycles. The fourth-order valence-corrected chi connectivity index (χ4v) is 2.35. The van der Waals surface area contributed by atoms with Gasteiger partial charge in [0, 0.05) is 6.20 Å². The Morgan fingerprint density at radius 2 is 2.06 bits per heavy atom. The van der Waals surface area contributed by atoms with Gasteiger partial charge in [-0.1, -0.05) is 13.8 Å². The van der Waals surface area contributed by atoms with E-state index in [1.54, 1.807) is 6.20 Å². The summed E-state index contributed by atoms with van der Waals surface area (Å²) in [5, 5.41) is 0. The molecule has 2 rings (SSSR count). The predicted molar refractivity (Wildman–Crippen MR) is 66.4 cm³/mol. The molecule has 3 nitrogen and oxygen atoms in total. The number of halogens is 1. The van der Waals surface area contributed by atoms with E-state index in [4.69, 9.17) is 4.74 Å². The molecular weight excluding hydrogens is 268 g/mol. The molecule has 0 N–H and O–H groups in total. The molecule has 4 heteroatoms. The molecule has 88 valence electrons. The van der Waals surface area contributed by atoms with Crippen molar-refractivity contribution in [2.45, 2.75) is 45.6 Å². The van der Waals surface area contributed by atoms with E-state index in [2.05, 4.69) is 39.7 Å². The number of aromatic nitrogens is 2. The Morgan fingerprint density at radius 3 is 2.69 bits per heavy atom. The molecule has 1 aliphatic carbocycles. The summed E-state index contributed by atoms with van der Waals surface area (Å²) in [5.41, 5.74) is 0.475. The quantitative estimate of drug-likeness (QED) is 0.833. The summed E-state index contributed by atoms with van der Waals surface area (Å²) in [6, 6.07) is 0. The van der Waals surface area contributed by atoms with Crippen molar-refractivity contribution in [3.63, 3.8) is 0 Å². The van der Waals surface area contributed by atoms with Gasteiger partial charge >= 0.3 is 0 Å². The van der Waals surface area contributed by atoms with Crippen LogP contribution in [0.25, 0.3) is 0 Å². The largest absolute Gasteiger partial charge is 0.473 e. The van der Waals surface area contributed by atoms with Crippen molar-refractivity contribution in [2.75, 3.05) is 0 Å². The second-order valence-corrected chi connectivity index (χ2v) is 6.01. The smallest absolute Gasteiger partial charge is 0.231 e. The lowest BCUT2D eigenvalue weighted by Gasteiger charge is -2.34. The molecule has 0 amide bonds. The van der Waals surface area contributed by atoms with Crippen molar-refractivity contribution >= 4 is 15.9 Å². The second-order valence-electron chi connectivity index (χ2n) is 5.16. The first kappa shape index (κ1) is 11.8. The summed E-state index contributed by atoms with van der Waals surface area (Å²) in [5.74, 6) is 0.666. The zero-order chi connectivity index (χ0) is 11.6. The molecule has 0 atom stereocenters. The Hall–Kier alpha value is -0.640. The maximum absolute atomic E-state index is 5.88. The fraction of sp³-hybridized carbons (Fsp3) is 0.667. The number of rotatable bonds is 2. The van der Waals surface area contributed by atoms with E-state index in [9.17, 15) is 0 Å². The minimum Gasteiger partial charge on any atom is -0.473 e. The molecule has 0 bridgehead atoms. The van der Waals surface area contributed by atoms with Crippen LogP contribution in [0.1, 0.15) is 39.5 Å². The molecule has 1 fully saturated rings. The van der Waals surface area contributed by atoms with Crippen LogP contribution in [0.5, 0.6) is 5.88 Å². The highest BCUT2D eigenvalue weighted by Crippen LogP contribution is 2.36. The Balaban J connectivity index is 1.95. The van der Waals surface area contributed by atoms with Crippen LogP contribution in [0.3, 0.4) is 0 Å². The van der Waals surface area contributed by atoms with Crippen molar-refractivity contribution in [2.24, 2.45) is 5.41 Å². The van der Waals surface area contributed by atoms with Gasteiger partial charge in [-0.2, -0.15) is 0 Å². The molecular formula is C12H17BrN2O. The Kier molecular flexibility index (Phi) is 3.47. The normalized spacial score (nSPS) is 20.7. The number of hydrogen-bond acceptors (Lipinski definition) is 3. The summed E-state index contributed by atoms with van der Waals surface area (Å²) in [6.07, 6.45) is 8.22. The molecule has 1 aromatic heterocycles. The van der Waals surface area contributed by atoms with Crippen molar-refractivity contribution in [1.29, 1.82) is 0 Å². The van der Waals surface area contributed by atoms with E-state index in [1.165, 1.54) is 19.2 Å². The van der Waals surface area contributed by atoms with Crippen LogP contribution >= 0.6 is 15.9 Å². The van der Waals surface area contributed by atoms with Crippen LogP contribution in [0.2, 0.25) is 0 Å². The Bertz CT molecular complexity index is 358. The lowest BCUT2D eigenvalue weighted by molar-refractivity contribution is 0.0940. The summed E-state index contributed by atoms with van der Waals surface area (Å²) in [6.45, 7) is 4.65. The first-order valence-corrected chi connectivity index (χ1v) is 6.48. The first-order valence-electron chi connectivity index (χ1n) is 5.69. The van der Waals surface area contributed by atoms with Gasteiger partial charge in [0.15, 0.2) is 0 Å². The van der Waals surface area contributed by atoms with Gasteiger partial charge in [-0.05, 0) is 47.0 Å². The summed E-state index contributed by atoms with van der Waals surface area (Å²) in [7, 11) is 0. The van der Waals surface area contributed by atoms with Crippen molar-refractivity contribution in [3.05, 3.63) is 17.0 Å². The lowest BCUT2D eigenvalue weighted by atomic mass is 9.76. The zero-order valence-electron chi connectivity index (χ0n) is 9.74. The van der Waals surface area contributed by atoms with Gasteiger partial charge in [0.25, 0.3) is 0 Å². The molecule has 0 unspecified atom stereocenters. The van der Waals surface area contributed by atoms with Crippen LogP contribution in [0, 0.1) is 5.41 Å². The van der Waals surface area contributed by atoms with E-state index in [-0.39, 0.29) is 0 Å². The monoisotopic (exact) mass is 284 g/mol. The van der Waals surface area contributed by atoms with Crippen molar-refractivity contribution < 1.29 is 4.74 Å². The van der Waals surface area contributed by atoms with E-state index in [1.807, 2.05) is 0 Å². The molecule has 1 aliphatic rings. The van der Waals surface area contributed by atoms with Gasteiger partial charge < -0.3 is 4.74 Å². The van der Waals surface area contributed by atoms with Gasteiger partial charge in [0.2, 0.25) is 5.88 Å². The number of hydrogen-bond donors (Lipinski definition) is 0. The Morgan fingerprint density at radius 1 is 1.38 bits per heavy atom. The molecule has 1 saturated carbocycles. The van der Waals surface area contributed by atoms with Gasteiger partial charge in [-0.25, -0.2) is 9.97 Å². The maximum atomic E-state index is 5.88. The number of ether oxygens (including phenoxy) is 1. The minimum absolute atomic E-state index is 0.305. The van der Waals surface area contributed by atoms with Crippen LogP contribution in [0.15, 0.2) is 17.0 Å². The third kappa shape index (κ3) is 2.94. The van der Waals surface area contributed by atoms with Gasteiger partial charge in [-0.3, -0.25) is 0 Å². The molecule has 1 heterocycles. The average Bonchev–Trinajstić information content (AvgIpc) is 2.24. The predicted octanol–water partition coefficient (Wildman–Crippen LogP) is 3.59. The minimum atomic E-state index is 0.305. The van der Waals surface area contributed by atoms with Crippen LogP contribution in [-0.2, 0) is 0 Å². The molecule has 0 spiro atoms. The van der Waals surface area contributed by atoms with Crippen molar-refractivity contribution in [1.82, 2.24) is 9.97 Å². The molecule has 16 heavy (non-hydrogen) atoms. The van der Waals surface area contributed by atoms with Crippen LogP contribution in [0.4, 0.5) is 0 Å². The van der Waals surface area contributed by atoms with E-state index >= 15 is 0 Å². The molecule has 0 saturated heterocycles. The van der Waals surface area contributed by atoms with Crippen LogP contribution in [-0.4, -0.2) is 16.1 Å². The summed E-state index contributed by atoms with van der Waals surface area (Å²) >= 11 is 3.40. The van der Waals surface area contributed by atoms with Gasteiger partial charge in [-0.15, -0.1) is 0 Å². The third-order valence-electron chi connectivity index (χ3n) is 3.20. The molecule has 0 radical (unpaired) electrons. The highest BCUT2D eigenvalue weighted by atomic mass is 79.9. The fourth-order valence-electron chi connectivity index (χ4n) is 2.04. The Labute approximate surface area is 105 Å². The SMILES string of the molecule is CC1(C)CCC(Oc2ncncc2Br)CC1.